The second kappa shape index (κ2) is 7.49. The molecule has 0 atom stereocenters. The Balaban J connectivity index is 2.93. The van der Waals surface area contributed by atoms with Crippen molar-refractivity contribution in [1.82, 2.24) is 0 Å². The molecule has 0 bridgehead atoms. The quantitative estimate of drug-likeness (QED) is 0.737. The molecule has 110 valence electrons. The van der Waals surface area contributed by atoms with Gasteiger partial charge >= 0.3 is 0 Å². The predicted octanol–water partition coefficient (Wildman–Crippen LogP) is 1.58. The van der Waals surface area contributed by atoms with E-state index in [4.69, 9.17) is 10.5 Å². The number of anilines is 2. The van der Waals surface area contributed by atoms with Gasteiger partial charge in [0.15, 0.2) is 0 Å². The molecule has 2 amide bonds. The molecule has 4 N–H and O–H groups in total. The maximum atomic E-state index is 11.8. The highest BCUT2D eigenvalue weighted by Gasteiger charge is 2.11. The van der Waals surface area contributed by atoms with Crippen LogP contribution in [0.15, 0.2) is 18.2 Å². The smallest absolute Gasteiger partial charge is 0.238 e. The average Bonchev–Trinajstić information content (AvgIpc) is 2.39. The van der Waals surface area contributed by atoms with Gasteiger partial charge in [-0.05, 0) is 18.1 Å². The van der Waals surface area contributed by atoms with E-state index in [9.17, 15) is 9.59 Å². The van der Waals surface area contributed by atoms with Crippen LogP contribution in [-0.4, -0.2) is 25.5 Å². The largest absolute Gasteiger partial charge is 0.497 e. The number of hydrogen-bond donors (Lipinski definition) is 3. The average molecular weight is 279 g/mol. The van der Waals surface area contributed by atoms with Gasteiger partial charge in [0.25, 0.3) is 0 Å². The van der Waals surface area contributed by atoms with Crippen molar-refractivity contribution in [3.05, 3.63) is 18.2 Å². The molecule has 0 aliphatic rings. The number of benzene rings is 1. The highest BCUT2D eigenvalue weighted by molar-refractivity contribution is 6.00. The van der Waals surface area contributed by atoms with Crippen LogP contribution in [0.2, 0.25) is 0 Å². The summed E-state index contributed by atoms with van der Waals surface area (Å²) < 4.78 is 5.10. The second-order valence-electron chi connectivity index (χ2n) is 4.81. The van der Waals surface area contributed by atoms with Gasteiger partial charge in [0.2, 0.25) is 11.8 Å². The van der Waals surface area contributed by atoms with Gasteiger partial charge in [0, 0.05) is 12.5 Å². The van der Waals surface area contributed by atoms with Crippen LogP contribution in [0.25, 0.3) is 0 Å². The monoisotopic (exact) mass is 279 g/mol. The van der Waals surface area contributed by atoms with E-state index in [-0.39, 0.29) is 24.3 Å². The van der Waals surface area contributed by atoms with Crippen LogP contribution < -0.4 is 21.1 Å². The third-order valence-electron chi connectivity index (χ3n) is 2.55. The van der Waals surface area contributed by atoms with Crippen molar-refractivity contribution in [1.29, 1.82) is 0 Å². The molecule has 6 heteroatoms. The number of methoxy groups -OCH3 is 1. The molecule has 1 aromatic carbocycles. The lowest BCUT2D eigenvalue weighted by atomic mass is 10.1. The molecule has 0 heterocycles. The lowest BCUT2D eigenvalue weighted by molar-refractivity contribution is -0.117. The van der Waals surface area contributed by atoms with Gasteiger partial charge in [-0.15, -0.1) is 0 Å². The van der Waals surface area contributed by atoms with E-state index >= 15 is 0 Å². The number of nitrogens with two attached hydrogens (primary N) is 1. The van der Waals surface area contributed by atoms with E-state index in [2.05, 4.69) is 10.6 Å². The van der Waals surface area contributed by atoms with Crippen LogP contribution in [0.5, 0.6) is 5.75 Å². The third-order valence-corrected chi connectivity index (χ3v) is 2.55. The highest BCUT2D eigenvalue weighted by atomic mass is 16.5. The first-order chi connectivity index (χ1) is 9.46. The molecule has 0 aromatic heterocycles. The molecule has 0 saturated heterocycles. The van der Waals surface area contributed by atoms with Gasteiger partial charge in [-0.2, -0.15) is 0 Å². The molecule has 6 nitrogen and oxygen atoms in total. The Morgan fingerprint density at radius 1 is 1.20 bits per heavy atom. The van der Waals surface area contributed by atoms with E-state index in [1.54, 1.807) is 18.2 Å². The first-order valence-electron chi connectivity index (χ1n) is 6.44. The summed E-state index contributed by atoms with van der Waals surface area (Å²) in [5.41, 5.74) is 6.27. The van der Waals surface area contributed by atoms with Crippen molar-refractivity contribution in [3.63, 3.8) is 0 Å². The molecule has 0 spiro atoms. The molecule has 1 rings (SSSR count). The second-order valence-corrected chi connectivity index (χ2v) is 4.81. The van der Waals surface area contributed by atoms with Gasteiger partial charge in [0.1, 0.15) is 5.75 Å². The summed E-state index contributed by atoms with van der Waals surface area (Å²) in [6, 6.07) is 5.03. The molecule has 0 unspecified atom stereocenters. The van der Waals surface area contributed by atoms with Crippen molar-refractivity contribution in [3.8, 4) is 5.75 Å². The SMILES string of the molecule is COc1ccc(NC(=O)CC(C)C)c(NC(=O)CN)c1. The molecule has 1 aromatic rings. The number of nitrogens with one attached hydrogen (secondary N) is 2. The molecule has 0 saturated carbocycles. The van der Waals surface area contributed by atoms with Gasteiger partial charge in [-0.25, -0.2) is 0 Å². The van der Waals surface area contributed by atoms with E-state index in [1.807, 2.05) is 13.8 Å². The Hall–Kier alpha value is -2.08. The maximum absolute atomic E-state index is 11.8. The number of carbonyl (C=O) groups excluding carboxylic acids is 2. The topological polar surface area (TPSA) is 93.5 Å². The Bertz CT molecular complexity index is 487. The first kappa shape index (κ1) is 16.0. The van der Waals surface area contributed by atoms with Crippen molar-refractivity contribution in [2.45, 2.75) is 20.3 Å². The molecular weight excluding hydrogens is 258 g/mol. The number of carbonyl (C=O) groups is 2. The summed E-state index contributed by atoms with van der Waals surface area (Å²) in [5, 5.41) is 5.41. The third kappa shape index (κ3) is 4.89. The summed E-state index contributed by atoms with van der Waals surface area (Å²) in [4.78, 5) is 23.2. The van der Waals surface area contributed by atoms with Gasteiger partial charge in [0.05, 0.1) is 25.0 Å². The minimum Gasteiger partial charge on any atom is -0.497 e. The van der Waals surface area contributed by atoms with Gasteiger partial charge < -0.3 is 21.1 Å². The zero-order valence-corrected chi connectivity index (χ0v) is 12.0. The predicted molar refractivity (Wildman–Crippen MR) is 78.8 cm³/mol. The Morgan fingerprint density at radius 2 is 1.85 bits per heavy atom. The van der Waals surface area contributed by atoms with Crippen molar-refractivity contribution < 1.29 is 14.3 Å². The Morgan fingerprint density at radius 3 is 2.40 bits per heavy atom. The number of rotatable bonds is 6. The molecular formula is C14H21N3O3. The van der Waals surface area contributed by atoms with Crippen molar-refractivity contribution in [2.75, 3.05) is 24.3 Å². The van der Waals surface area contributed by atoms with Gasteiger partial charge in [-0.1, -0.05) is 13.8 Å². The van der Waals surface area contributed by atoms with Crippen LogP contribution in [0.3, 0.4) is 0 Å². The summed E-state index contributed by atoms with van der Waals surface area (Å²) >= 11 is 0. The van der Waals surface area contributed by atoms with Crippen molar-refractivity contribution >= 4 is 23.2 Å². The normalized spacial score (nSPS) is 10.2. The van der Waals surface area contributed by atoms with Crippen LogP contribution in [0.1, 0.15) is 20.3 Å². The Kier molecular flexibility index (Phi) is 5.99. The lowest BCUT2D eigenvalue weighted by Gasteiger charge is -2.14. The summed E-state index contributed by atoms with van der Waals surface area (Å²) in [5.74, 6) is 0.403. The minimum atomic E-state index is -0.336. The van der Waals surface area contributed by atoms with Crippen LogP contribution in [-0.2, 0) is 9.59 Å². The number of amides is 2. The summed E-state index contributed by atoms with van der Waals surface area (Å²) in [6.45, 7) is 3.80. The highest BCUT2D eigenvalue weighted by Crippen LogP contribution is 2.27. The summed E-state index contributed by atoms with van der Waals surface area (Å²) in [7, 11) is 1.53. The molecule has 0 aliphatic carbocycles. The fourth-order valence-electron chi connectivity index (χ4n) is 1.64. The van der Waals surface area contributed by atoms with E-state index < -0.39 is 0 Å². The lowest BCUT2D eigenvalue weighted by Crippen LogP contribution is -2.23. The zero-order chi connectivity index (χ0) is 15.1. The fourth-order valence-corrected chi connectivity index (χ4v) is 1.64. The van der Waals surface area contributed by atoms with Crippen LogP contribution in [0.4, 0.5) is 11.4 Å². The van der Waals surface area contributed by atoms with Gasteiger partial charge in [-0.3, -0.25) is 9.59 Å². The molecule has 0 radical (unpaired) electrons. The zero-order valence-electron chi connectivity index (χ0n) is 12.0. The number of hydrogen-bond acceptors (Lipinski definition) is 4. The Labute approximate surface area is 118 Å². The fraction of sp³-hybridized carbons (Fsp3) is 0.429. The standard InChI is InChI=1S/C14H21N3O3/c1-9(2)6-13(18)16-11-5-4-10(20-3)7-12(11)17-14(19)8-15/h4-5,7,9H,6,8,15H2,1-3H3,(H,16,18)(H,17,19). The first-order valence-corrected chi connectivity index (χ1v) is 6.44. The maximum Gasteiger partial charge on any atom is 0.238 e. The van der Waals surface area contributed by atoms with E-state index in [0.29, 0.717) is 23.5 Å². The summed E-state index contributed by atoms with van der Waals surface area (Å²) in [6.07, 6.45) is 0.413. The number of ether oxygens (including phenoxy) is 1. The van der Waals surface area contributed by atoms with Crippen molar-refractivity contribution in [2.24, 2.45) is 11.7 Å². The van der Waals surface area contributed by atoms with E-state index in [0.717, 1.165) is 0 Å². The molecule has 0 aliphatic heterocycles. The molecule has 0 fully saturated rings. The molecule has 20 heavy (non-hydrogen) atoms. The van der Waals surface area contributed by atoms with Crippen LogP contribution >= 0.6 is 0 Å². The van der Waals surface area contributed by atoms with Crippen LogP contribution in [0, 0.1) is 5.92 Å². The minimum absolute atomic E-state index is 0.103. The van der Waals surface area contributed by atoms with E-state index in [1.165, 1.54) is 7.11 Å².